The number of amides is 2. The highest BCUT2D eigenvalue weighted by Crippen LogP contribution is 2.19. The molecule has 13 heavy (non-hydrogen) atoms. The highest BCUT2D eigenvalue weighted by molar-refractivity contribution is 5.88. The first-order valence-corrected chi connectivity index (χ1v) is 4.12. The molecule has 1 aliphatic heterocycles. The van der Waals surface area contributed by atoms with Crippen molar-refractivity contribution in [3.63, 3.8) is 0 Å². The van der Waals surface area contributed by atoms with E-state index in [9.17, 15) is 9.59 Å². The van der Waals surface area contributed by atoms with Crippen molar-refractivity contribution in [2.24, 2.45) is 0 Å². The summed E-state index contributed by atoms with van der Waals surface area (Å²) < 4.78 is 4.78. The standard InChI is InChI=1S/C8H14N2O3/c1-8(4-5-13-6(8)11)9-7(12)10(2)3/h4-5H2,1-3H3,(H,9,12). The summed E-state index contributed by atoms with van der Waals surface area (Å²) in [5.41, 5.74) is -0.846. The molecule has 1 rings (SSSR count). The number of rotatable bonds is 1. The van der Waals surface area contributed by atoms with E-state index in [0.29, 0.717) is 13.0 Å². The van der Waals surface area contributed by atoms with Gasteiger partial charge in [0.2, 0.25) is 0 Å². The maximum absolute atomic E-state index is 11.3. The summed E-state index contributed by atoms with van der Waals surface area (Å²) in [5, 5.41) is 2.62. The molecule has 5 heteroatoms. The zero-order chi connectivity index (χ0) is 10.1. The lowest BCUT2D eigenvalue weighted by Gasteiger charge is -2.23. The van der Waals surface area contributed by atoms with Crippen LogP contribution in [0, 0.1) is 0 Å². The number of esters is 1. The summed E-state index contributed by atoms with van der Waals surface area (Å²) in [4.78, 5) is 23.8. The van der Waals surface area contributed by atoms with Crippen molar-refractivity contribution in [1.29, 1.82) is 0 Å². The Morgan fingerprint density at radius 1 is 1.62 bits per heavy atom. The van der Waals surface area contributed by atoms with Gasteiger partial charge in [-0.2, -0.15) is 0 Å². The third-order valence-corrected chi connectivity index (χ3v) is 2.07. The second-order valence-electron chi connectivity index (χ2n) is 3.54. The van der Waals surface area contributed by atoms with Gasteiger partial charge in [-0.3, -0.25) is 0 Å². The van der Waals surface area contributed by atoms with E-state index in [4.69, 9.17) is 4.74 Å². The Morgan fingerprint density at radius 3 is 2.62 bits per heavy atom. The molecule has 74 valence electrons. The number of urea groups is 1. The largest absolute Gasteiger partial charge is 0.464 e. The van der Waals surface area contributed by atoms with Gasteiger partial charge in [0, 0.05) is 20.5 Å². The van der Waals surface area contributed by atoms with Crippen LogP contribution in [0.3, 0.4) is 0 Å². The molecule has 1 fully saturated rings. The summed E-state index contributed by atoms with van der Waals surface area (Å²) in [5.74, 6) is -0.359. The molecular formula is C8H14N2O3. The lowest BCUT2D eigenvalue weighted by atomic mass is 10.0. The summed E-state index contributed by atoms with van der Waals surface area (Å²) in [7, 11) is 3.25. The zero-order valence-electron chi connectivity index (χ0n) is 8.09. The molecule has 1 unspecified atom stereocenters. The molecule has 0 saturated carbocycles. The first kappa shape index (κ1) is 9.83. The summed E-state index contributed by atoms with van der Waals surface area (Å²) in [6.07, 6.45) is 0.533. The number of hydrogen-bond donors (Lipinski definition) is 1. The van der Waals surface area contributed by atoms with Gasteiger partial charge in [-0.05, 0) is 6.92 Å². The molecule has 0 aromatic rings. The molecule has 1 heterocycles. The highest BCUT2D eigenvalue weighted by Gasteiger charge is 2.41. The van der Waals surface area contributed by atoms with E-state index in [0.717, 1.165) is 0 Å². The van der Waals surface area contributed by atoms with Crippen molar-refractivity contribution in [2.75, 3.05) is 20.7 Å². The number of nitrogens with one attached hydrogen (secondary N) is 1. The number of carbonyl (C=O) groups is 2. The van der Waals surface area contributed by atoms with E-state index < -0.39 is 5.54 Å². The fourth-order valence-corrected chi connectivity index (χ4v) is 1.07. The minimum absolute atomic E-state index is 0.277. The lowest BCUT2D eigenvalue weighted by Crippen LogP contribution is -2.52. The third-order valence-electron chi connectivity index (χ3n) is 2.07. The molecule has 0 radical (unpaired) electrons. The maximum Gasteiger partial charge on any atom is 0.331 e. The van der Waals surface area contributed by atoms with Gasteiger partial charge in [-0.25, -0.2) is 9.59 Å². The fraction of sp³-hybridized carbons (Fsp3) is 0.750. The van der Waals surface area contributed by atoms with Gasteiger partial charge >= 0.3 is 12.0 Å². The minimum atomic E-state index is -0.846. The topological polar surface area (TPSA) is 58.6 Å². The van der Waals surface area contributed by atoms with Crippen molar-refractivity contribution in [3.05, 3.63) is 0 Å². The molecule has 0 aliphatic carbocycles. The van der Waals surface area contributed by atoms with Gasteiger partial charge in [-0.15, -0.1) is 0 Å². The first-order chi connectivity index (χ1) is 5.96. The molecular weight excluding hydrogens is 172 g/mol. The predicted octanol–water partition coefficient (Wildman–Crippen LogP) is -0.0368. The van der Waals surface area contributed by atoms with Crippen LogP contribution < -0.4 is 5.32 Å². The second kappa shape index (κ2) is 3.24. The average molecular weight is 186 g/mol. The Labute approximate surface area is 77.0 Å². The van der Waals surface area contributed by atoms with Crippen LogP contribution in [0.5, 0.6) is 0 Å². The second-order valence-corrected chi connectivity index (χ2v) is 3.54. The van der Waals surface area contributed by atoms with Gasteiger partial charge in [0.05, 0.1) is 6.61 Å². The Kier molecular flexibility index (Phi) is 2.45. The van der Waals surface area contributed by atoms with E-state index in [1.54, 1.807) is 21.0 Å². The molecule has 0 spiro atoms. The highest BCUT2D eigenvalue weighted by atomic mass is 16.5. The summed E-state index contributed by atoms with van der Waals surface area (Å²) >= 11 is 0. The van der Waals surface area contributed by atoms with Gasteiger partial charge in [-0.1, -0.05) is 0 Å². The molecule has 0 bridgehead atoms. The van der Waals surface area contributed by atoms with Gasteiger partial charge in [0.1, 0.15) is 5.54 Å². The average Bonchev–Trinajstić information content (AvgIpc) is 2.32. The van der Waals surface area contributed by atoms with Crippen LogP contribution in [0.25, 0.3) is 0 Å². The maximum atomic E-state index is 11.3. The Balaban J connectivity index is 2.61. The lowest BCUT2D eigenvalue weighted by molar-refractivity contribution is -0.142. The number of hydrogen-bond acceptors (Lipinski definition) is 3. The molecule has 1 N–H and O–H groups in total. The van der Waals surface area contributed by atoms with Crippen LogP contribution in [-0.4, -0.2) is 43.1 Å². The van der Waals surface area contributed by atoms with Crippen LogP contribution in [0.2, 0.25) is 0 Å². The van der Waals surface area contributed by atoms with Crippen LogP contribution >= 0.6 is 0 Å². The van der Waals surface area contributed by atoms with Gasteiger partial charge < -0.3 is 15.0 Å². The third kappa shape index (κ3) is 1.91. The van der Waals surface area contributed by atoms with Crippen molar-refractivity contribution in [3.8, 4) is 0 Å². The van der Waals surface area contributed by atoms with Crippen LogP contribution in [0.15, 0.2) is 0 Å². The smallest absolute Gasteiger partial charge is 0.331 e. The molecule has 1 saturated heterocycles. The SMILES string of the molecule is CN(C)C(=O)NC1(C)CCOC1=O. The quantitative estimate of drug-likeness (QED) is 0.585. The van der Waals surface area contributed by atoms with Crippen LogP contribution in [0.4, 0.5) is 4.79 Å². The zero-order valence-corrected chi connectivity index (χ0v) is 8.09. The molecule has 0 aromatic heterocycles. The molecule has 1 aliphatic rings. The normalized spacial score (nSPS) is 26.8. The van der Waals surface area contributed by atoms with E-state index in [1.165, 1.54) is 4.90 Å². The van der Waals surface area contributed by atoms with Crippen molar-refractivity contribution < 1.29 is 14.3 Å². The summed E-state index contributed by atoms with van der Waals surface area (Å²) in [6, 6.07) is -0.277. The Hall–Kier alpha value is -1.26. The van der Waals surface area contributed by atoms with Crippen LogP contribution in [-0.2, 0) is 9.53 Å². The van der Waals surface area contributed by atoms with Crippen molar-refractivity contribution in [1.82, 2.24) is 10.2 Å². The van der Waals surface area contributed by atoms with Gasteiger partial charge in [0.15, 0.2) is 0 Å². The summed E-state index contributed by atoms with van der Waals surface area (Å²) in [6.45, 7) is 2.05. The number of nitrogens with zero attached hydrogens (tertiary/aromatic N) is 1. The molecule has 2 amide bonds. The fourth-order valence-electron chi connectivity index (χ4n) is 1.07. The molecule has 5 nitrogen and oxygen atoms in total. The first-order valence-electron chi connectivity index (χ1n) is 4.12. The van der Waals surface area contributed by atoms with E-state index in [1.807, 2.05) is 0 Å². The van der Waals surface area contributed by atoms with E-state index >= 15 is 0 Å². The number of carbonyl (C=O) groups excluding carboxylic acids is 2. The minimum Gasteiger partial charge on any atom is -0.464 e. The predicted molar refractivity (Wildman–Crippen MR) is 46.2 cm³/mol. The van der Waals surface area contributed by atoms with E-state index in [2.05, 4.69) is 5.32 Å². The molecule has 0 aromatic carbocycles. The van der Waals surface area contributed by atoms with Crippen molar-refractivity contribution in [2.45, 2.75) is 18.9 Å². The Bertz CT molecular complexity index is 240. The monoisotopic (exact) mass is 186 g/mol. The van der Waals surface area contributed by atoms with E-state index in [-0.39, 0.29) is 12.0 Å². The van der Waals surface area contributed by atoms with Crippen LogP contribution in [0.1, 0.15) is 13.3 Å². The number of ether oxygens (including phenoxy) is 1. The van der Waals surface area contributed by atoms with Crippen molar-refractivity contribution >= 4 is 12.0 Å². The Morgan fingerprint density at radius 2 is 2.23 bits per heavy atom. The molecule has 1 atom stereocenters. The van der Waals surface area contributed by atoms with Gasteiger partial charge in [0.25, 0.3) is 0 Å². The number of cyclic esters (lactones) is 1.